The minimum Gasteiger partial charge on any atom is -0.371 e. The highest BCUT2D eigenvalue weighted by Crippen LogP contribution is 2.18. The fraction of sp³-hybridized carbons (Fsp3) is 0.125. The number of para-hydroxylation sites is 1. The monoisotopic (exact) mass is 150 g/mol. The van der Waals surface area contributed by atoms with Crippen LogP contribution in [-0.4, -0.2) is 17.2 Å². The number of fused-ring (bicyclic) bond motifs is 1. The zero-order valence-corrected chi connectivity index (χ0v) is 5.76. The summed E-state index contributed by atoms with van der Waals surface area (Å²) >= 11 is 0. The quantitative estimate of drug-likeness (QED) is 0.648. The Morgan fingerprint density at radius 2 is 2.45 bits per heavy atom. The topological polar surface area (TPSA) is 40.7 Å². The third-order valence-corrected chi connectivity index (χ3v) is 1.59. The predicted octanol–water partition coefficient (Wildman–Crippen LogP) is 1.60. The van der Waals surface area contributed by atoms with Crippen molar-refractivity contribution in [3.05, 3.63) is 24.3 Å². The molecule has 0 amide bonds. The Balaban J connectivity index is 2.44. The van der Waals surface area contributed by atoms with Gasteiger partial charge in [0, 0.05) is 16.5 Å². The van der Waals surface area contributed by atoms with Gasteiger partial charge in [0.15, 0.2) is 5.82 Å². The number of H-pyrrole nitrogens is 1. The van der Waals surface area contributed by atoms with Gasteiger partial charge in [-0.2, -0.15) is 5.10 Å². The lowest BCUT2D eigenvalue weighted by atomic mass is 10.2. The lowest BCUT2D eigenvalue weighted by Gasteiger charge is -1.91. The van der Waals surface area contributed by atoms with E-state index in [4.69, 9.17) is 4.11 Å². The first-order chi connectivity index (χ1) is 6.56. The van der Waals surface area contributed by atoms with Crippen molar-refractivity contribution in [1.29, 1.82) is 0 Å². The summed E-state index contributed by atoms with van der Waals surface area (Å²) < 4.78 is 21.2. The van der Waals surface area contributed by atoms with Gasteiger partial charge in [0.05, 0.1) is 5.52 Å². The smallest absolute Gasteiger partial charge is 0.155 e. The molecule has 2 rings (SSSR count). The number of anilines is 1. The van der Waals surface area contributed by atoms with Crippen molar-refractivity contribution in [2.24, 2.45) is 0 Å². The zero-order valence-electron chi connectivity index (χ0n) is 8.76. The van der Waals surface area contributed by atoms with Gasteiger partial charge in [0.2, 0.25) is 0 Å². The molecule has 11 heavy (non-hydrogen) atoms. The molecule has 0 bridgehead atoms. The van der Waals surface area contributed by atoms with Crippen LogP contribution < -0.4 is 5.32 Å². The SMILES string of the molecule is [2H]C([2H])([2H])Nc1n[nH]c2ccccc12. The van der Waals surface area contributed by atoms with Gasteiger partial charge < -0.3 is 5.32 Å². The summed E-state index contributed by atoms with van der Waals surface area (Å²) in [6.45, 7) is -2.21. The van der Waals surface area contributed by atoms with Crippen LogP contribution >= 0.6 is 0 Å². The van der Waals surface area contributed by atoms with Crippen molar-refractivity contribution < 1.29 is 4.11 Å². The molecule has 0 radical (unpaired) electrons. The molecular weight excluding hydrogens is 138 g/mol. The molecule has 2 aromatic rings. The Bertz CT molecular complexity index is 446. The van der Waals surface area contributed by atoms with E-state index in [0.717, 1.165) is 10.9 Å². The lowest BCUT2D eigenvalue weighted by molar-refractivity contribution is 1.11. The van der Waals surface area contributed by atoms with Gasteiger partial charge in [0.1, 0.15) is 0 Å². The minimum absolute atomic E-state index is 0.362. The zero-order chi connectivity index (χ0) is 10.2. The molecule has 0 unspecified atom stereocenters. The fourth-order valence-corrected chi connectivity index (χ4v) is 1.06. The minimum atomic E-state index is -2.21. The molecule has 1 aromatic heterocycles. The number of nitrogens with zero attached hydrogens (tertiary/aromatic N) is 1. The first-order valence-corrected chi connectivity index (χ1v) is 3.27. The van der Waals surface area contributed by atoms with E-state index in [0.29, 0.717) is 5.82 Å². The second-order valence-corrected chi connectivity index (χ2v) is 2.24. The van der Waals surface area contributed by atoms with Crippen molar-refractivity contribution in [2.75, 3.05) is 12.3 Å². The van der Waals surface area contributed by atoms with Crippen LogP contribution in [0.4, 0.5) is 5.82 Å². The Morgan fingerprint density at radius 1 is 1.55 bits per heavy atom. The van der Waals surface area contributed by atoms with Crippen LogP contribution in [0.25, 0.3) is 10.9 Å². The normalized spacial score (nSPS) is 15.5. The maximum Gasteiger partial charge on any atom is 0.155 e. The van der Waals surface area contributed by atoms with Crippen molar-refractivity contribution in [3.8, 4) is 0 Å². The molecule has 0 spiro atoms. The molecule has 0 aliphatic carbocycles. The van der Waals surface area contributed by atoms with Gasteiger partial charge in [-0.25, -0.2) is 0 Å². The molecule has 0 atom stereocenters. The highest BCUT2D eigenvalue weighted by Gasteiger charge is 1.99. The van der Waals surface area contributed by atoms with Crippen LogP contribution in [0.2, 0.25) is 0 Å². The molecule has 0 aliphatic heterocycles. The fourth-order valence-electron chi connectivity index (χ4n) is 1.06. The van der Waals surface area contributed by atoms with E-state index < -0.39 is 6.98 Å². The van der Waals surface area contributed by atoms with Crippen molar-refractivity contribution in [2.45, 2.75) is 0 Å². The number of hydrogen-bond acceptors (Lipinski definition) is 2. The maximum atomic E-state index is 7.05. The summed E-state index contributed by atoms with van der Waals surface area (Å²) in [7, 11) is 0. The standard InChI is InChI=1S/C8H9N3/c1-9-8-6-4-2-3-5-7(6)10-11-8/h2-5H,1H3,(H2,9,10,11)/i1D3. The Morgan fingerprint density at radius 3 is 3.36 bits per heavy atom. The Labute approximate surface area is 68.6 Å². The third kappa shape index (κ3) is 0.852. The van der Waals surface area contributed by atoms with Crippen LogP contribution in [0.1, 0.15) is 4.11 Å². The highest BCUT2D eigenvalue weighted by atomic mass is 15.2. The van der Waals surface area contributed by atoms with E-state index in [1.54, 1.807) is 0 Å². The summed E-state index contributed by atoms with van der Waals surface area (Å²) in [4.78, 5) is 0. The predicted molar refractivity (Wildman–Crippen MR) is 45.6 cm³/mol. The van der Waals surface area contributed by atoms with Gasteiger partial charge in [-0.15, -0.1) is 0 Å². The molecule has 1 heterocycles. The first-order valence-electron chi connectivity index (χ1n) is 4.77. The molecule has 0 fully saturated rings. The largest absolute Gasteiger partial charge is 0.371 e. The molecule has 1 aromatic carbocycles. The maximum absolute atomic E-state index is 7.05. The van der Waals surface area contributed by atoms with Gasteiger partial charge in [-0.1, -0.05) is 12.1 Å². The second kappa shape index (κ2) is 2.27. The van der Waals surface area contributed by atoms with Crippen molar-refractivity contribution >= 4 is 16.7 Å². The second-order valence-electron chi connectivity index (χ2n) is 2.24. The lowest BCUT2D eigenvalue weighted by Crippen LogP contribution is -1.87. The van der Waals surface area contributed by atoms with Crippen LogP contribution in [0.3, 0.4) is 0 Å². The number of nitrogens with one attached hydrogen (secondary N) is 2. The first kappa shape index (κ1) is 3.76. The molecule has 0 saturated heterocycles. The van der Waals surface area contributed by atoms with Gasteiger partial charge in [-0.3, -0.25) is 5.10 Å². The van der Waals surface area contributed by atoms with Crippen LogP contribution in [0.15, 0.2) is 24.3 Å². The summed E-state index contributed by atoms with van der Waals surface area (Å²) in [5.41, 5.74) is 0.819. The van der Waals surface area contributed by atoms with E-state index in [1.807, 2.05) is 24.3 Å². The molecule has 56 valence electrons. The van der Waals surface area contributed by atoms with E-state index in [2.05, 4.69) is 15.5 Å². The molecular formula is C8H9N3. The average Bonchev–Trinajstić information content (AvgIpc) is 2.47. The van der Waals surface area contributed by atoms with Crippen LogP contribution in [0.5, 0.6) is 0 Å². The molecule has 0 saturated carbocycles. The number of benzene rings is 1. The Hall–Kier alpha value is -1.51. The van der Waals surface area contributed by atoms with Crippen LogP contribution in [0, 0.1) is 0 Å². The highest BCUT2D eigenvalue weighted by molar-refractivity contribution is 5.89. The number of rotatable bonds is 1. The molecule has 2 N–H and O–H groups in total. The van der Waals surface area contributed by atoms with E-state index in [1.165, 1.54) is 0 Å². The Kier molecular flexibility index (Phi) is 0.775. The van der Waals surface area contributed by atoms with Crippen LogP contribution in [-0.2, 0) is 0 Å². The molecule has 0 aliphatic rings. The van der Waals surface area contributed by atoms with E-state index >= 15 is 0 Å². The number of aromatic amines is 1. The van der Waals surface area contributed by atoms with Gasteiger partial charge in [0.25, 0.3) is 0 Å². The summed E-state index contributed by atoms with van der Waals surface area (Å²) in [6.07, 6.45) is 0. The molecule has 3 nitrogen and oxygen atoms in total. The van der Waals surface area contributed by atoms with Gasteiger partial charge in [-0.05, 0) is 12.1 Å². The van der Waals surface area contributed by atoms with Crippen molar-refractivity contribution in [3.63, 3.8) is 0 Å². The van der Waals surface area contributed by atoms with E-state index in [9.17, 15) is 0 Å². The average molecular weight is 150 g/mol. The molecule has 3 heteroatoms. The number of hydrogen-bond donors (Lipinski definition) is 2. The third-order valence-electron chi connectivity index (χ3n) is 1.59. The summed E-state index contributed by atoms with van der Waals surface area (Å²) in [5, 5.41) is 9.78. The summed E-state index contributed by atoms with van der Waals surface area (Å²) in [6, 6.07) is 7.35. The van der Waals surface area contributed by atoms with E-state index in [-0.39, 0.29) is 0 Å². The van der Waals surface area contributed by atoms with Gasteiger partial charge >= 0.3 is 0 Å². The number of aromatic nitrogens is 2. The summed E-state index contributed by atoms with van der Waals surface area (Å²) in [5.74, 6) is 0.362. The van der Waals surface area contributed by atoms with Crippen molar-refractivity contribution in [1.82, 2.24) is 10.2 Å².